The highest BCUT2D eigenvalue weighted by molar-refractivity contribution is 5.86. The predicted molar refractivity (Wildman–Crippen MR) is 80.5 cm³/mol. The summed E-state index contributed by atoms with van der Waals surface area (Å²) in [6.45, 7) is 2.83. The Hall–Kier alpha value is -2.11. The Bertz CT molecular complexity index is 623. The Morgan fingerprint density at radius 1 is 1.27 bits per heavy atom. The van der Waals surface area contributed by atoms with Gasteiger partial charge in [0.15, 0.2) is 0 Å². The number of ether oxygens (including phenoxy) is 2. The van der Waals surface area contributed by atoms with Crippen LogP contribution in [0.4, 0.5) is 0 Å². The first-order valence-corrected chi connectivity index (χ1v) is 7.31. The van der Waals surface area contributed by atoms with Gasteiger partial charge in [0.25, 0.3) is 0 Å². The van der Waals surface area contributed by atoms with E-state index in [1.54, 1.807) is 6.07 Å². The molecule has 2 heterocycles. The third kappa shape index (κ3) is 3.21. The van der Waals surface area contributed by atoms with Crippen molar-refractivity contribution in [2.45, 2.75) is 12.6 Å². The molecule has 0 unspecified atom stereocenters. The summed E-state index contributed by atoms with van der Waals surface area (Å²) in [7, 11) is 1.35. The molecule has 1 atom stereocenters. The predicted octanol–water partition coefficient (Wildman–Crippen LogP) is 2.64. The molecule has 0 N–H and O–H groups in total. The average molecular weight is 301 g/mol. The van der Waals surface area contributed by atoms with Crippen LogP contribution in [0.1, 0.15) is 27.9 Å². The zero-order valence-corrected chi connectivity index (χ0v) is 12.5. The summed E-state index contributed by atoms with van der Waals surface area (Å²) in [6.07, 6.45) is 0. The minimum atomic E-state index is -0.451. The number of morpholine rings is 1. The van der Waals surface area contributed by atoms with Gasteiger partial charge >= 0.3 is 5.97 Å². The molecule has 0 saturated carbocycles. The van der Waals surface area contributed by atoms with Crippen molar-refractivity contribution in [2.24, 2.45) is 0 Å². The van der Waals surface area contributed by atoms with E-state index in [1.165, 1.54) is 12.7 Å². The number of carbonyl (C=O) groups is 1. The summed E-state index contributed by atoms with van der Waals surface area (Å²) < 4.78 is 15.8. The molecule has 1 saturated heterocycles. The fraction of sp³-hybridized carbons (Fsp3) is 0.353. The lowest BCUT2D eigenvalue weighted by atomic mass is 10.0. The van der Waals surface area contributed by atoms with Gasteiger partial charge in [-0.15, -0.1) is 0 Å². The maximum absolute atomic E-state index is 11.5. The second-order valence-electron chi connectivity index (χ2n) is 5.23. The van der Waals surface area contributed by atoms with Crippen LogP contribution in [-0.4, -0.2) is 37.7 Å². The maximum Gasteiger partial charge on any atom is 0.373 e. The summed E-state index contributed by atoms with van der Waals surface area (Å²) in [5.41, 5.74) is 1.22. The van der Waals surface area contributed by atoms with Gasteiger partial charge in [-0.2, -0.15) is 0 Å². The molecule has 0 bridgehead atoms. The van der Waals surface area contributed by atoms with Crippen molar-refractivity contribution in [2.75, 3.05) is 26.9 Å². The van der Waals surface area contributed by atoms with Gasteiger partial charge < -0.3 is 13.9 Å². The molecule has 5 nitrogen and oxygen atoms in total. The van der Waals surface area contributed by atoms with Crippen LogP contribution in [0, 0.1) is 0 Å². The van der Waals surface area contributed by atoms with Gasteiger partial charge in [0.1, 0.15) is 5.76 Å². The quantitative estimate of drug-likeness (QED) is 0.813. The molecule has 3 rings (SSSR count). The van der Waals surface area contributed by atoms with Crippen molar-refractivity contribution < 1.29 is 18.7 Å². The zero-order chi connectivity index (χ0) is 15.4. The number of hydrogen-bond acceptors (Lipinski definition) is 5. The Kier molecular flexibility index (Phi) is 4.56. The summed E-state index contributed by atoms with van der Waals surface area (Å²) in [5, 5.41) is 0. The third-order valence-corrected chi connectivity index (χ3v) is 3.83. The van der Waals surface area contributed by atoms with Crippen molar-refractivity contribution in [3.05, 3.63) is 59.5 Å². The number of nitrogens with zero attached hydrogens (tertiary/aromatic N) is 1. The fourth-order valence-corrected chi connectivity index (χ4v) is 2.68. The minimum absolute atomic E-state index is 0.196. The SMILES string of the molecule is COC(=O)c1ccc(CN2CCOC[C@H]2c2ccccc2)o1. The number of hydrogen-bond donors (Lipinski definition) is 0. The highest BCUT2D eigenvalue weighted by Crippen LogP contribution is 2.26. The van der Waals surface area contributed by atoms with Gasteiger partial charge in [-0.05, 0) is 17.7 Å². The lowest BCUT2D eigenvalue weighted by molar-refractivity contribution is -0.0156. The van der Waals surface area contributed by atoms with Gasteiger partial charge in [-0.25, -0.2) is 4.79 Å². The van der Waals surface area contributed by atoms with Crippen LogP contribution in [-0.2, 0) is 16.0 Å². The number of carbonyl (C=O) groups excluding carboxylic acids is 1. The maximum atomic E-state index is 11.5. The van der Waals surface area contributed by atoms with E-state index in [0.717, 1.165) is 12.3 Å². The zero-order valence-electron chi connectivity index (χ0n) is 12.5. The van der Waals surface area contributed by atoms with E-state index >= 15 is 0 Å². The molecular formula is C17H19NO4. The largest absolute Gasteiger partial charge is 0.463 e. The highest BCUT2D eigenvalue weighted by Gasteiger charge is 2.25. The van der Waals surface area contributed by atoms with Crippen molar-refractivity contribution in [1.82, 2.24) is 4.90 Å². The number of furan rings is 1. The normalized spacial score (nSPS) is 19.0. The second kappa shape index (κ2) is 6.77. The second-order valence-corrected chi connectivity index (χ2v) is 5.23. The van der Waals surface area contributed by atoms with Gasteiger partial charge in [0.05, 0.1) is 32.9 Å². The van der Waals surface area contributed by atoms with Crippen molar-refractivity contribution in [1.29, 1.82) is 0 Å². The first-order chi connectivity index (χ1) is 10.8. The van der Waals surface area contributed by atoms with Crippen LogP contribution in [0.3, 0.4) is 0 Å². The summed E-state index contributed by atoms with van der Waals surface area (Å²) in [4.78, 5) is 13.8. The number of rotatable bonds is 4. The van der Waals surface area contributed by atoms with Crippen LogP contribution < -0.4 is 0 Å². The summed E-state index contributed by atoms with van der Waals surface area (Å²) >= 11 is 0. The Labute approximate surface area is 129 Å². The molecule has 116 valence electrons. The van der Waals surface area contributed by atoms with E-state index in [2.05, 4.69) is 21.8 Å². The standard InChI is InChI=1S/C17H19NO4/c1-20-17(19)16-8-7-14(22-16)11-18-9-10-21-12-15(18)13-5-3-2-4-6-13/h2-8,15H,9-12H2,1H3/t15-/m0/s1. The molecule has 0 radical (unpaired) electrons. The van der Waals surface area contributed by atoms with Gasteiger partial charge in [-0.3, -0.25) is 4.90 Å². The summed E-state index contributed by atoms with van der Waals surface area (Å²) in [5.74, 6) is 0.540. The van der Waals surface area contributed by atoms with Crippen molar-refractivity contribution in [3.63, 3.8) is 0 Å². The Balaban J connectivity index is 1.74. The molecule has 1 aliphatic heterocycles. The molecule has 0 spiro atoms. The molecule has 22 heavy (non-hydrogen) atoms. The van der Waals surface area contributed by atoms with Crippen LogP contribution in [0.25, 0.3) is 0 Å². The van der Waals surface area contributed by atoms with Crippen molar-refractivity contribution >= 4 is 5.97 Å². The lowest BCUT2D eigenvalue weighted by Crippen LogP contribution is -2.38. The van der Waals surface area contributed by atoms with Gasteiger partial charge in [0, 0.05) is 6.54 Å². The number of benzene rings is 1. The van der Waals surface area contributed by atoms with Crippen LogP contribution in [0.5, 0.6) is 0 Å². The third-order valence-electron chi connectivity index (χ3n) is 3.83. The van der Waals surface area contributed by atoms with E-state index in [-0.39, 0.29) is 11.8 Å². The van der Waals surface area contributed by atoms with E-state index in [1.807, 2.05) is 24.3 Å². The molecule has 0 amide bonds. The average Bonchev–Trinajstić information content (AvgIpc) is 3.04. The first-order valence-electron chi connectivity index (χ1n) is 7.31. The molecule has 5 heteroatoms. The molecule has 1 aromatic carbocycles. The highest BCUT2D eigenvalue weighted by atomic mass is 16.5. The van der Waals surface area contributed by atoms with E-state index in [9.17, 15) is 4.79 Å². The van der Waals surface area contributed by atoms with Gasteiger partial charge in [-0.1, -0.05) is 30.3 Å². The Morgan fingerprint density at radius 3 is 2.86 bits per heavy atom. The van der Waals surface area contributed by atoms with Crippen molar-refractivity contribution in [3.8, 4) is 0 Å². The molecule has 1 aromatic heterocycles. The lowest BCUT2D eigenvalue weighted by Gasteiger charge is -2.35. The summed E-state index contributed by atoms with van der Waals surface area (Å²) in [6, 6.07) is 14.0. The molecular weight excluding hydrogens is 282 g/mol. The topological polar surface area (TPSA) is 51.9 Å². The number of esters is 1. The van der Waals surface area contributed by atoms with Crippen LogP contribution >= 0.6 is 0 Å². The molecule has 1 aliphatic rings. The van der Waals surface area contributed by atoms with E-state index < -0.39 is 5.97 Å². The molecule has 1 fully saturated rings. The molecule has 2 aromatic rings. The smallest absolute Gasteiger partial charge is 0.373 e. The van der Waals surface area contributed by atoms with Crippen LogP contribution in [0.15, 0.2) is 46.9 Å². The molecule has 0 aliphatic carbocycles. The van der Waals surface area contributed by atoms with E-state index in [4.69, 9.17) is 9.15 Å². The van der Waals surface area contributed by atoms with Gasteiger partial charge in [0.2, 0.25) is 5.76 Å². The van der Waals surface area contributed by atoms with E-state index in [0.29, 0.717) is 19.8 Å². The minimum Gasteiger partial charge on any atom is -0.463 e. The van der Waals surface area contributed by atoms with Crippen LogP contribution in [0.2, 0.25) is 0 Å². The monoisotopic (exact) mass is 301 g/mol. The number of methoxy groups -OCH3 is 1. The fourth-order valence-electron chi connectivity index (χ4n) is 2.68. The Morgan fingerprint density at radius 2 is 2.09 bits per heavy atom. The first kappa shape index (κ1) is 14.8.